The maximum atomic E-state index is 13.6. The number of fused-ring (bicyclic) bond motifs is 1. The molecule has 3 aromatic rings. The van der Waals surface area contributed by atoms with E-state index in [-0.39, 0.29) is 29.2 Å². The zero-order chi connectivity index (χ0) is 29.2. The molecular formula is C29H37N5O5S2. The number of carbonyl (C=O) groups is 1. The van der Waals surface area contributed by atoms with E-state index in [1.54, 1.807) is 30.3 Å². The second kappa shape index (κ2) is 12.1. The quantitative estimate of drug-likeness (QED) is 0.305. The van der Waals surface area contributed by atoms with Crippen LogP contribution in [-0.4, -0.2) is 97.6 Å². The van der Waals surface area contributed by atoms with Gasteiger partial charge in [0.2, 0.25) is 5.88 Å². The van der Waals surface area contributed by atoms with E-state index in [2.05, 4.69) is 28.7 Å². The Balaban J connectivity index is 1.35. The molecule has 0 N–H and O–H groups in total. The fraction of sp³-hybridized carbons (Fsp3) is 0.517. The number of sulfone groups is 1. The predicted octanol–water partition coefficient (Wildman–Crippen LogP) is 3.58. The molecule has 0 unspecified atom stereocenters. The summed E-state index contributed by atoms with van der Waals surface area (Å²) in [5.74, 6) is 0.337. The van der Waals surface area contributed by atoms with E-state index in [0.29, 0.717) is 52.1 Å². The molecule has 1 aromatic carbocycles. The molecule has 0 saturated carbocycles. The minimum absolute atomic E-state index is 0.0665. The number of hydrogen-bond donors (Lipinski definition) is 0. The molecule has 4 heterocycles. The zero-order valence-corrected chi connectivity index (χ0v) is 25.6. The third-order valence-electron chi connectivity index (χ3n) is 7.74. The lowest BCUT2D eigenvalue weighted by Gasteiger charge is -2.31. The number of pyridine rings is 1. The van der Waals surface area contributed by atoms with Gasteiger partial charge in [0, 0.05) is 36.9 Å². The van der Waals surface area contributed by atoms with Crippen LogP contribution in [0.2, 0.25) is 0 Å². The lowest BCUT2D eigenvalue weighted by Crippen LogP contribution is -2.43. The first-order valence-corrected chi connectivity index (χ1v) is 16.2. The third-order valence-corrected chi connectivity index (χ3v) is 10.9. The van der Waals surface area contributed by atoms with Crippen LogP contribution in [0.5, 0.6) is 5.88 Å². The number of hydrazone groups is 1. The number of thiazole rings is 1. The van der Waals surface area contributed by atoms with Gasteiger partial charge < -0.3 is 14.4 Å². The van der Waals surface area contributed by atoms with E-state index in [4.69, 9.17) is 14.6 Å². The fourth-order valence-electron chi connectivity index (χ4n) is 4.57. The molecule has 0 amide bonds. The average Bonchev–Trinajstić information content (AvgIpc) is 3.72. The monoisotopic (exact) mass is 599 g/mol. The van der Waals surface area contributed by atoms with Gasteiger partial charge in [0.1, 0.15) is 27.7 Å². The molecule has 0 spiro atoms. The Morgan fingerprint density at radius 2 is 1.88 bits per heavy atom. The number of Topliss-reactive ketones (excluding diaryl/α,β-unsaturated/α-hetero) is 1. The molecule has 2 fully saturated rings. The molecule has 0 aliphatic carbocycles. The number of ketones is 1. The van der Waals surface area contributed by atoms with Crippen LogP contribution in [0.1, 0.15) is 43.7 Å². The van der Waals surface area contributed by atoms with Gasteiger partial charge in [-0.25, -0.2) is 18.4 Å². The molecule has 41 heavy (non-hydrogen) atoms. The molecule has 2 aliphatic rings. The number of benzene rings is 1. The van der Waals surface area contributed by atoms with Crippen molar-refractivity contribution in [2.24, 2.45) is 5.10 Å². The molecule has 220 valence electrons. The van der Waals surface area contributed by atoms with Gasteiger partial charge in [-0.05, 0) is 65.4 Å². The minimum Gasteiger partial charge on any atom is -0.476 e. The van der Waals surface area contributed by atoms with Gasteiger partial charge in [-0.3, -0.25) is 9.80 Å². The van der Waals surface area contributed by atoms with E-state index in [0.717, 1.165) is 25.9 Å². The van der Waals surface area contributed by atoms with Crippen molar-refractivity contribution in [2.45, 2.75) is 55.2 Å². The van der Waals surface area contributed by atoms with Crippen LogP contribution in [-0.2, 0) is 25.8 Å². The van der Waals surface area contributed by atoms with Crippen LogP contribution >= 0.6 is 11.3 Å². The second-order valence-electron chi connectivity index (χ2n) is 11.3. The summed E-state index contributed by atoms with van der Waals surface area (Å²) >= 11 is 1.36. The van der Waals surface area contributed by atoms with Crippen molar-refractivity contribution < 1.29 is 22.7 Å². The number of ether oxygens (including phenoxy) is 2. The standard InChI is InChI=1S/C29H37N5O5S2/c1-29(2,33(3)4)19-39-25-12-11-23-28(31-25)40-26(30-23)17-24(35)27(32-34-14-5-6-15-34)20-7-9-21(10-8-20)41(36,37)22-13-16-38-18-22/h7-12,22H,5-6,13-19H2,1-4H3/b32-27+/t22-/m0/s1. The van der Waals surface area contributed by atoms with E-state index in [1.165, 1.54) is 11.3 Å². The van der Waals surface area contributed by atoms with E-state index < -0.39 is 15.1 Å². The lowest BCUT2D eigenvalue weighted by molar-refractivity contribution is -0.112. The first-order chi connectivity index (χ1) is 19.5. The molecule has 2 aliphatic heterocycles. The largest absolute Gasteiger partial charge is 0.476 e. The van der Waals surface area contributed by atoms with Gasteiger partial charge in [0.05, 0.1) is 23.2 Å². The van der Waals surface area contributed by atoms with Gasteiger partial charge >= 0.3 is 0 Å². The fourth-order valence-corrected chi connectivity index (χ4v) is 7.08. The first kappa shape index (κ1) is 29.6. The number of carbonyl (C=O) groups excluding carboxylic acids is 1. The highest BCUT2D eigenvalue weighted by Gasteiger charge is 2.31. The number of rotatable bonds is 11. The van der Waals surface area contributed by atoms with Gasteiger partial charge in [-0.2, -0.15) is 5.10 Å². The van der Waals surface area contributed by atoms with Crippen LogP contribution in [0.25, 0.3) is 10.3 Å². The summed E-state index contributed by atoms with van der Waals surface area (Å²) in [5, 5.41) is 6.72. The minimum atomic E-state index is -3.50. The highest BCUT2D eigenvalue weighted by Crippen LogP contribution is 2.26. The average molecular weight is 600 g/mol. The van der Waals surface area contributed by atoms with Crippen LogP contribution < -0.4 is 4.74 Å². The summed E-state index contributed by atoms with van der Waals surface area (Å²) in [6.07, 6.45) is 2.59. The third kappa shape index (κ3) is 6.77. The summed E-state index contributed by atoms with van der Waals surface area (Å²) in [4.78, 5) is 25.9. The number of hydrogen-bond acceptors (Lipinski definition) is 11. The topological polar surface area (TPSA) is 114 Å². The van der Waals surface area contributed by atoms with Crippen molar-refractivity contribution in [3.8, 4) is 5.88 Å². The van der Waals surface area contributed by atoms with Gasteiger partial charge in [0.25, 0.3) is 0 Å². The molecule has 1 atom stereocenters. The normalized spacial score (nSPS) is 18.5. The van der Waals surface area contributed by atoms with Crippen molar-refractivity contribution >= 4 is 43.0 Å². The predicted molar refractivity (Wildman–Crippen MR) is 160 cm³/mol. The van der Waals surface area contributed by atoms with E-state index >= 15 is 0 Å². The Hall–Kier alpha value is -2.93. The van der Waals surface area contributed by atoms with Crippen LogP contribution in [0, 0.1) is 0 Å². The van der Waals surface area contributed by atoms with Gasteiger partial charge in [-0.15, -0.1) is 0 Å². The SMILES string of the molecule is CN(C)C(C)(C)COc1ccc2nc(CC(=O)/C(=N/N3CCCC3)c3ccc(S(=O)(=O)[C@H]4CCOC4)cc3)sc2n1. The Kier molecular flexibility index (Phi) is 8.74. The van der Waals surface area contributed by atoms with Crippen molar-refractivity contribution in [3.63, 3.8) is 0 Å². The van der Waals surface area contributed by atoms with Crippen molar-refractivity contribution in [1.29, 1.82) is 0 Å². The molecule has 12 heteroatoms. The van der Waals surface area contributed by atoms with Crippen LogP contribution in [0.15, 0.2) is 46.4 Å². The smallest absolute Gasteiger partial charge is 0.214 e. The van der Waals surface area contributed by atoms with Crippen molar-refractivity contribution in [2.75, 3.05) is 47.0 Å². The number of aromatic nitrogens is 2. The first-order valence-electron chi connectivity index (χ1n) is 13.9. The number of likely N-dealkylation sites (N-methyl/N-ethyl adjacent to an activating group) is 1. The maximum absolute atomic E-state index is 13.6. The highest BCUT2D eigenvalue weighted by molar-refractivity contribution is 7.92. The Labute approximate surface area is 245 Å². The number of nitrogens with zero attached hydrogens (tertiary/aromatic N) is 5. The van der Waals surface area contributed by atoms with E-state index in [9.17, 15) is 13.2 Å². The maximum Gasteiger partial charge on any atom is 0.214 e. The lowest BCUT2D eigenvalue weighted by atomic mass is 10.0. The van der Waals surface area contributed by atoms with Crippen molar-refractivity contribution in [1.82, 2.24) is 19.9 Å². The van der Waals surface area contributed by atoms with Crippen LogP contribution in [0.3, 0.4) is 0 Å². The summed E-state index contributed by atoms with van der Waals surface area (Å²) in [7, 11) is 0.524. The van der Waals surface area contributed by atoms with Gasteiger partial charge in [0.15, 0.2) is 15.6 Å². The molecule has 5 rings (SSSR count). The molecule has 2 saturated heterocycles. The van der Waals surface area contributed by atoms with E-state index in [1.807, 2.05) is 25.2 Å². The van der Waals surface area contributed by atoms with Crippen LogP contribution in [0.4, 0.5) is 0 Å². The van der Waals surface area contributed by atoms with Gasteiger partial charge in [-0.1, -0.05) is 23.5 Å². The Bertz CT molecular complexity index is 1520. The zero-order valence-electron chi connectivity index (χ0n) is 24.0. The molecule has 0 bridgehead atoms. The molecule has 0 radical (unpaired) electrons. The van der Waals surface area contributed by atoms with Crippen molar-refractivity contribution in [3.05, 3.63) is 47.0 Å². The summed E-state index contributed by atoms with van der Waals surface area (Å²) in [6.45, 7) is 6.90. The Morgan fingerprint density at radius 3 is 2.54 bits per heavy atom. The molecule has 2 aromatic heterocycles. The summed E-state index contributed by atoms with van der Waals surface area (Å²) < 4.78 is 37.2. The summed E-state index contributed by atoms with van der Waals surface area (Å²) in [6, 6.07) is 10.1. The Morgan fingerprint density at radius 1 is 1.15 bits per heavy atom. The highest BCUT2D eigenvalue weighted by atomic mass is 32.2. The molecular weight excluding hydrogens is 562 g/mol. The summed E-state index contributed by atoms with van der Waals surface area (Å²) in [5.41, 5.74) is 1.45. The molecule has 10 nitrogen and oxygen atoms in total. The second-order valence-corrected chi connectivity index (χ2v) is 14.6.